The third kappa shape index (κ3) is 3.86. The molecule has 2 aliphatic rings. The Morgan fingerprint density at radius 2 is 1.96 bits per heavy atom. The van der Waals surface area contributed by atoms with Gasteiger partial charge in [-0.25, -0.2) is 0 Å². The maximum absolute atomic E-state index is 12.5. The van der Waals surface area contributed by atoms with Crippen LogP contribution in [0.4, 0.5) is 5.69 Å². The van der Waals surface area contributed by atoms with Crippen LogP contribution >= 0.6 is 0 Å². The van der Waals surface area contributed by atoms with Crippen LogP contribution in [0.1, 0.15) is 18.4 Å². The molecular weight excluding hydrogens is 300 g/mol. The second kappa shape index (κ2) is 7.06. The Kier molecular flexibility index (Phi) is 4.88. The molecule has 23 heavy (non-hydrogen) atoms. The van der Waals surface area contributed by atoms with Gasteiger partial charge in [0.2, 0.25) is 5.91 Å². The molecule has 0 aliphatic carbocycles. The van der Waals surface area contributed by atoms with Gasteiger partial charge in [-0.3, -0.25) is 14.9 Å². The Labute approximate surface area is 134 Å². The first-order valence-electron chi connectivity index (χ1n) is 7.88. The van der Waals surface area contributed by atoms with Crippen LogP contribution in [0.2, 0.25) is 0 Å². The lowest BCUT2D eigenvalue weighted by Crippen LogP contribution is -2.44. The minimum atomic E-state index is -0.442. The van der Waals surface area contributed by atoms with Crippen LogP contribution in [0.5, 0.6) is 0 Å². The number of piperidine rings is 1. The molecule has 0 aromatic heterocycles. The molecule has 1 amide bonds. The van der Waals surface area contributed by atoms with E-state index in [1.807, 2.05) is 4.90 Å². The lowest BCUT2D eigenvalue weighted by atomic mass is 9.96. The lowest BCUT2D eigenvalue weighted by molar-refractivity contribution is -0.384. The van der Waals surface area contributed by atoms with Gasteiger partial charge in [-0.05, 0) is 18.4 Å². The van der Waals surface area contributed by atoms with Gasteiger partial charge in [-0.2, -0.15) is 0 Å². The third-order valence-corrected chi connectivity index (χ3v) is 4.35. The predicted octanol–water partition coefficient (Wildman–Crippen LogP) is 1.75. The van der Waals surface area contributed by atoms with Crippen molar-refractivity contribution in [2.75, 3.05) is 26.3 Å². The standard InChI is InChI=1S/C16H20N2O5/c19-15(10-12-3-5-14(6-4-12)18(20)21)17-7-1-2-13(11-17)16-22-8-9-23-16/h3-6,13,16H,1-2,7-11H2/t13-/m1/s1. The Morgan fingerprint density at radius 3 is 2.61 bits per heavy atom. The summed E-state index contributed by atoms with van der Waals surface area (Å²) in [4.78, 5) is 24.5. The summed E-state index contributed by atoms with van der Waals surface area (Å²) in [6.45, 7) is 2.64. The molecule has 2 fully saturated rings. The Bertz CT molecular complexity index is 568. The van der Waals surface area contributed by atoms with E-state index in [0.29, 0.717) is 19.8 Å². The molecule has 1 aromatic rings. The van der Waals surface area contributed by atoms with Crippen molar-refractivity contribution in [1.29, 1.82) is 0 Å². The normalized spacial score (nSPS) is 22.3. The van der Waals surface area contributed by atoms with Crippen molar-refractivity contribution in [3.05, 3.63) is 39.9 Å². The van der Waals surface area contributed by atoms with E-state index in [9.17, 15) is 14.9 Å². The van der Waals surface area contributed by atoms with E-state index in [0.717, 1.165) is 24.9 Å². The maximum atomic E-state index is 12.5. The van der Waals surface area contributed by atoms with Crippen molar-refractivity contribution < 1.29 is 19.2 Å². The third-order valence-electron chi connectivity index (χ3n) is 4.35. The number of carbonyl (C=O) groups is 1. The molecule has 2 saturated heterocycles. The highest BCUT2D eigenvalue weighted by molar-refractivity contribution is 5.79. The van der Waals surface area contributed by atoms with Crippen LogP contribution in [0.3, 0.4) is 0 Å². The summed E-state index contributed by atoms with van der Waals surface area (Å²) in [5.41, 5.74) is 0.825. The summed E-state index contributed by atoms with van der Waals surface area (Å²) in [6, 6.07) is 6.14. The van der Waals surface area contributed by atoms with E-state index in [1.54, 1.807) is 12.1 Å². The largest absolute Gasteiger partial charge is 0.350 e. The van der Waals surface area contributed by atoms with E-state index >= 15 is 0 Å². The monoisotopic (exact) mass is 320 g/mol. The summed E-state index contributed by atoms with van der Waals surface area (Å²) in [6.07, 6.45) is 2.02. The number of ether oxygens (including phenoxy) is 2. The van der Waals surface area contributed by atoms with Crippen molar-refractivity contribution in [2.24, 2.45) is 5.92 Å². The average molecular weight is 320 g/mol. The van der Waals surface area contributed by atoms with Crippen LogP contribution in [0.15, 0.2) is 24.3 Å². The lowest BCUT2D eigenvalue weighted by Gasteiger charge is -2.34. The molecule has 124 valence electrons. The van der Waals surface area contributed by atoms with Crippen LogP contribution in [0.25, 0.3) is 0 Å². The summed E-state index contributed by atoms with van der Waals surface area (Å²) < 4.78 is 11.1. The first-order chi connectivity index (χ1) is 11.1. The number of nitrogens with zero attached hydrogens (tertiary/aromatic N) is 2. The number of amides is 1. The smallest absolute Gasteiger partial charge is 0.269 e. The SMILES string of the molecule is O=C(Cc1ccc([N+](=O)[O-])cc1)N1CCC[C@@H](C2OCCO2)C1. The molecule has 0 spiro atoms. The predicted molar refractivity (Wildman–Crippen MR) is 81.8 cm³/mol. The van der Waals surface area contributed by atoms with Gasteiger partial charge in [-0.1, -0.05) is 12.1 Å². The number of rotatable bonds is 4. The van der Waals surface area contributed by atoms with Gasteiger partial charge in [0.1, 0.15) is 0 Å². The number of nitro groups is 1. The Hall–Kier alpha value is -1.99. The zero-order valence-electron chi connectivity index (χ0n) is 12.8. The highest BCUT2D eigenvalue weighted by Crippen LogP contribution is 2.25. The molecule has 7 heteroatoms. The van der Waals surface area contributed by atoms with Gasteiger partial charge in [0.25, 0.3) is 5.69 Å². The Balaban J connectivity index is 1.57. The van der Waals surface area contributed by atoms with Crippen molar-refractivity contribution >= 4 is 11.6 Å². The van der Waals surface area contributed by atoms with Crippen LogP contribution in [-0.4, -0.2) is 48.3 Å². The van der Waals surface area contributed by atoms with Gasteiger partial charge in [0, 0.05) is 31.1 Å². The van der Waals surface area contributed by atoms with Gasteiger partial charge in [0.15, 0.2) is 6.29 Å². The highest BCUT2D eigenvalue weighted by atomic mass is 16.7. The molecule has 0 radical (unpaired) electrons. The Morgan fingerprint density at radius 1 is 1.26 bits per heavy atom. The van der Waals surface area contributed by atoms with E-state index in [4.69, 9.17) is 9.47 Å². The van der Waals surface area contributed by atoms with Gasteiger partial charge >= 0.3 is 0 Å². The average Bonchev–Trinajstić information content (AvgIpc) is 3.10. The number of hydrogen-bond donors (Lipinski definition) is 0. The molecule has 1 aromatic carbocycles. The second-order valence-corrected chi connectivity index (χ2v) is 5.95. The quantitative estimate of drug-likeness (QED) is 0.623. The summed E-state index contributed by atoms with van der Waals surface area (Å²) in [7, 11) is 0. The van der Waals surface area contributed by atoms with Gasteiger partial charge in [-0.15, -0.1) is 0 Å². The summed E-state index contributed by atoms with van der Waals surface area (Å²) in [5, 5.41) is 10.7. The molecule has 3 rings (SSSR count). The fourth-order valence-corrected chi connectivity index (χ4v) is 3.13. The van der Waals surface area contributed by atoms with Crippen LogP contribution in [0, 0.1) is 16.0 Å². The second-order valence-electron chi connectivity index (χ2n) is 5.95. The van der Waals surface area contributed by atoms with Gasteiger partial charge < -0.3 is 14.4 Å². The van der Waals surface area contributed by atoms with Crippen molar-refractivity contribution in [2.45, 2.75) is 25.6 Å². The van der Waals surface area contributed by atoms with Crippen molar-refractivity contribution in [3.63, 3.8) is 0 Å². The first-order valence-corrected chi connectivity index (χ1v) is 7.88. The molecule has 7 nitrogen and oxygen atoms in total. The summed E-state index contributed by atoms with van der Waals surface area (Å²) >= 11 is 0. The van der Waals surface area contributed by atoms with Crippen LogP contribution < -0.4 is 0 Å². The highest BCUT2D eigenvalue weighted by Gasteiger charge is 2.32. The number of likely N-dealkylation sites (tertiary alicyclic amines) is 1. The van der Waals surface area contributed by atoms with E-state index < -0.39 is 4.92 Å². The fourth-order valence-electron chi connectivity index (χ4n) is 3.13. The van der Waals surface area contributed by atoms with Gasteiger partial charge in [0.05, 0.1) is 24.6 Å². The minimum absolute atomic E-state index is 0.0368. The van der Waals surface area contributed by atoms with E-state index in [-0.39, 0.29) is 30.2 Å². The van der Waals surface area contributed by atoms with Crippen molar-refractivity contribution in [3.8, 4) is 0 Å². The number of hydrogen-bond acceptors (Lipinski definition) is 5. The molecule has 0 N–H and O–H groups in total. The molecule has 2 aliphatic heterocycles. The van der Waals surface area contributed by atoms with E-state index in [1.165, 1.54) is 12.1 Å². The number of carbonyl (C=O) groups excluding carboxylic acids is 1. The number of nitro benzene ring substituents is 1. The zero-order valence-corrected chi connectivity index (χ0v) is 12.8. The molecular formula is C16H20N2O5. The van der Waals surface area contributed by atoms with E-state index in [2.05, 4.69) is 0 Å². The number of non-ortho nitro benzene ring substituents is 1. The molecule has 0 unspecified atom stereocenters. The number of benzene rings is 1. The maximum Gasteiger partial charge on any atom is 0.269 e. The molecule has 2 heterocycles. The molecule has 0 bridgehead atoms. The zero-order chi connectivity index (χ0) is 16.2. The first kappa shape index (κ1) is 15.9. The molecule has 1 atom stereocenters. The van der Waals surface area contributed by atoms with Crippen molar-refractivity contribution in [1.82, 2.24) is 4.90 Å². The minimum Gasteiger partial charge on any atom is -0.350 e. The van der Waals surface area contributed by atoms with Crippen LogP contribution in [-0.2, 0) is 20.7 Å². The topological polar surface area (TPSA) is 81.9 Å². The fraction of sp³-hybridized carbons (Fsp3) is 0.562. The summed E-state index contributed by atoms with van der Waals surface area (Å²) in [5.74, 6) is 0.272. The molecule has 0 saturated carbocycles.